The van der Waals surface area contributed by atoms with Gasteiger partial charge >= 0.3 is 0 Å². The van der Waals surface area contributed by atoms with Crippen LogP contribution in [0.15, 0.2) is 38.6 Å². The molecule has 0 fully saturated rings. The fourth-order valence-electron chi connectivity index (χ4n) is 1.87. The van der Waals surface area contributed by atoms with Gasteiger partial charge in [-0.3, -0.25) is 0 Å². The van der Waals surface area contributed by atoms with Crippen LogP contribution in [0.1, 0.15) is 29.8 Å². The second-order valence-electron chi connectivity index (χ2n) is 4.18. The predicted molar refractivity (Wildman–Crippen MR) is 91.3 cm³/mol. The second kappa shape index (κ2) is 7.23. The lowest BCUT2D eigenvalue weighted by molar-refractivity contribution is 0.604. The van der Waals surface area contributed by atoms with E-state index in [9.17, 15) is 0 Å². The fraction of sp³-hybridized carbons (Fsp3) is 0.286. The number of thiophene rings is 1. The van der Waals surface area contributed by atoms with Crippen LogP contribution in [-0.4, -0.2) is 6.54 Å². The van der Waals surface area contributed by atoms with Crippen LogP contribution in [0.3, 0.4) is 0 Å². The summed E-state index contributed by atoms with van der Waals surface area (Å²) in [6, 6.07) is 10.5. The van der Waals surface area contributed by atoms with E-state index < -0.39 is 0 Å². The summed E-state index contributed by atoms with van der Waals surface area (Å²) in [6.07, 6.45) is 1.10. The first kappa shape index (κ1) is 15.5. The quantitative estimate of drug-likeness (QED) is 0.620. The molecule has 0 spiro atoms. The van der Waals surface area contributed by atoms with Crippen molar-refractivity contribution in [3.8, 4) is 0 Å². The summed E-state index contributed by atoms with van der Waals surface area (Å²) in [5, 5.41) is 4.36. The molecule has 2 rings (SSSR count). The Morgan fingerprint density at radius 2 is 2.05 bits per heavy atom. The molecule has 0 saturated carbocycles. The van der Waals surface area contributed by atoms with Crippen LogP contribution in [0.5, 0.6) is 0 Å². The third-order valence-corrected chi connectivity index (χ3v) is 6.03. The highest BCUT2D eigenvalue weighted by Crippen LogP contribution is 2.38. The molecular weight excluding hydrogens is 409 g/mol. The van der Waals surface area contributed by atoms with Crippen molar-refractivity contribution in [2.45, 2.75) is 19.4 Å². The monoisotopic (exact) mass is 421 g/mol. The van der Waals surface area contributed by atoms with Gasteiger partial charge in [-0.05, 0) is 46.6 Å². The van der Waals surface area contributed by atoms with E-state index in [0.29, 0.717) is 0 Å². The minimum Gasteiger partial charge on any atom is -0.306 e. The first-order valence-corrected chi connectivity index (χ1v) is 8.84. The zero-order valence-electron chi connectivity index (χ0n) is 10.4. The first-order chi connectivity index (χ1) is 9.13. The largest absolute Gasteiger partial charge is 0.306 e. The minimum atomic E-state index is 0.171. The Balaban J connectivity index is 2.38. The van der Waals surface area contributed by atoms with Crippen LogP contribution in [0.2, 0.25) is 5.02 Å². The summed E-state index contributed by atoms with van der Waals surface area (Å²) in [5.74, 6) is 0. The molecule has 1 heterocycles. The maximum Gasteiger partial charge on any atom is 0.0888 e. The van der Waals surface area contributed by atoms with Crippen molar-refractivity contribution in [1.82, 2.24) is 5.32 Å². The molecule has 1 aromatic heterocycles. The van der Waals surface area contributed by atoms with E-state index in [4.69, 9.17) is 11.6 Å². The zero-order valence-corrected chi connectivity index (χ0v) is 15.2. The Morgan fingerprint density at radius 3 is 2.63 bits per heavy atom. The Morgan fingerprint density at radius 1 is 1.32 bits per heavy atom. The van der Waals surface area contributed by atoms with Crippen LogP contribution in [0.4, 0.5) is 0 Å². The van der Waals surface area contributed by atoms with E-state index in [0.717, 1.165) is 26.2 Å². The number of rotatable bonds is 5. The van der Waals surface area contributed by atoms with Gasteiger partial charge < -0.3 is 5.32 Å². The lowest BCUT2D eigenvalue weighted by Crippen LogP contribution is -2.22. The van der Waals surface area contributed by atoms with Crippen molar-refractivity contribution in [2.75, 3.05) is 6.54 Å². The third kappa shape index (κ3) is 3.82. The van der Waals surface area contributed by atoms with E-state index in [2.05, 4.69) is 62.3 Å². The fourth-order valence-corrected chi connectivity index (χ4v) is 4.22. The van der Waals surface area contributed by atoms with E-state index in [1.54, 1.807) is 11.3 Å². The number of halogens is 3. The van der Waals surface area contributed by atoms with Crippen LogP contribution < -0.4 is 5.32 Å². The van der Waals surface area contributed by atoms with Crippen LogP contribution >= 0.6 is 54.8 Å². The number of nitrogens with one attached hydrogen (secondary N) is 1. The molecule has 0 bridgehead atoms. The summed E-state index contributed by atoms with van der Waals surface area (Å²) in [7, 11) is 0. The summed E-state index contributed by atoms with van der Waals surface area (Å²) in [5.41, 5.74) is 1.24. The molecule has 0 aliphatic rings. The van der Waals surface area contributed by atoms with E-state index >= 15 is 0 Å². The average Bonchev–Trinajstić information content (AvgIpc) is 2.72. The number of hydrogen-bond acceptors (Lipinski definition) is 2. The summed E-state index contributed by atoms with van der Waals surface area (Å²) in [4.78, 5) is 1.22. The molecule has 1 atom stereocenters. The highest BCUT2D eigenvalue weighted by Gasteiger charge is 2.19. The maximum absolute atomic E-state index is 6.16. The summed E-state index contributed by atoms with van der Waals surface area (Å²) < 4.78 is 2.10. The molecule has 0 saturated heterocycles. The SMILES string of the molecule is CCCNC(c1cc(Cl)c(Br)s1)c1ccccc1Br. The van der Waals surface area contributed by atoms with Gasteiger partial charge in [0.25, 0.3) is 0 Å². The van der Waals surface area contributed by atoms with E-state index in [-0.39, 0.29) is 6.04 Å². The van der Waals surface area contributed by atoms with Gasteiger partial charge in [-0.15, -0.1) is 11.3 Å². The molecule has 2 aromatic rings. The van der Waals surface area contributed by atoms with Crippen molar-refractivity contribution >= 4 is 54.8 Å². The Labute approximate surface area is 139 Å². The van der Waals surface area contributed by atoms with Gasteiger partial charge in [0.15, 0.2) is 0 Å². The van der Waals surface area contributed by atoms with Gasteiger partial charge in [0.2, 0.25) is 0 Å². The smallest absolute Gasteiger partial charge is 0.0888 e. The highest BCUT2D eigenvalue weighted by molar-refractivity contribution is 9.11. The molecule has 0 aliphatic heterocycles. The van der Waals surface area contributed by atoms with E-state index in [1.807, 2.05) is 12.1 Å². The van der Waals surface area contributed by atoms with Crippen LogP contribution in [0, 0.1) is 0 Å². The molecule has 0 aliphatic carbocycles. The van der Waals surface area contributed by atoms with E-state index in [1.165, 1.54) is 10.4 Å². The number of hydrogen-bond donors (Lipinski definition) is 1. The topological polar surface area (TPSA) is 12.0 Å². The van der Waals surface area contributed by atoms with Gasteiger partial charge in [-0.25, -0.2) is 0 Å². The highest BCUT2D eigenvalue weighted by atomic mass is 79.9. The Bertz CT molecular complexity index is 537. The maximum atomic E-state index is 6.16. The van der Waals surface area contributed by atoms with Crippen LogP contribution in [-0.2, 0) is 0 Å². The zero-order chi connectivity index (χ0) is 13.8. The van der Waals surface area contributed by atoms with Crippen molar-refractivity contribution in [1.29, 1.82) is 0 Å². The predicted octanol–water partition coefficient (Wildman–Crippen LogP) is 6.02. The van der Waals surface area contributed by atoms with Gasteiger partial charge in [-0.1, -0.05) is 52.7 Å². The van der Waals surface area contributed by atoms with Crippen molar-refractivity contribution < 1.29 is 0 Å². The van der Waals surface area contributed by atoms with Gasteiger partial charge in [0.1, 0.15) is 0 Å². The Hall–Kier alpha value is 0.130. The molecule has 5 heteroatoms. The Kier molecular flexibility index (Phi) is 5.90. The summed E-state index contributed by atoms with van der Waals surface area (Å²) in [6.45, 7) is 3.14. The van der Waals surface area contributed by atoms with Gasteiger partial charge in [0, 0.05) is 9.35 Å². The third-order valence-electron chi connectivity index (χ3n) is 2.76. The molecule has 0 amide bonds. The average molecular weight is 424 g/mol. The van der Waals surface area contributed by atoms with Crippen molar-refractivity contribution in [3.05, 3.63) is 54.1 Å². The molecule has 1 unspecified atom stereocenters. The van der Waals surface area contributed by atoms with Crippen molar-refractivity contribution in [2.24, 2.45) is 0 Å². The molecule has 1 N–H and O–H groups in total. The van der Waals surface area contributed by atoms with Crippen molar-refractivity contribution in [3.63, 3.8) is 0 Å². The second-order valence-corrected chi connectivity index (χ2v) is 7.84. The molecule has 1 nitrogen and oxygen atoms in total. The normalized spacial score (nSPS) is 12.6. The minimum absolute atomic E-state index is 0.171. The molecule has 102 valence electrons. The molecule has 0 radical (unpaired) electrons. The molecular formula is C14H14Br2ClNS. The number of benzene rings is 1. The van der Waals surface area contributed by atoms with Gasteiger partial charge in [0.05, 0.1) is 14.9 Å². The van der Waals surface area contributed by atoms with Crippen LogP contribution in [0.25, 0.3) is 0 Å². The summed E-state index contributed by atoms with van der Waals surface area (Å²) >= 11 is 15.0. The molecule has 19 heavy (non-hydrogen) atoms. The first-order valence-electron chi connectivity index (χ1n) is 6.06. The standard InChI is InChI=1S/C14H14Br2ClNS/c1-2-7-18-13(9-5-3-4-6-10(9)15)12-8-11(17)14(16)19-12/h3-6,8,13,18H,2,7H2,1H3. The lowest BCUT2D eigenvalue weighted by atomic mass is 10.1. The van der Waals surface area contributed by atoms with Gasteiger partial charge in [-0.2, -0.15) is 0 Å². The molecule has 1 aromatic carbocycles. The lowest BCUT2D eigenvalue weighted by Gasteiger charge is -2.19.